The molecule has 0 heterocycles. The number of carbonyl (C=O) groups is 1. The zero-order valence-corrected chi connectivity index (χ0v) is 8.59. The van der Waals surface area contributed by atoms with Gasteiger partial charge in [-0.1, -0.05) is 6.58 Å². The van der Waals surface area contributed by atoms with E-state index in [4.69, 9.17) is 5.11 Å². The van der Waals surface area contributed by atoms with E-state index in [0.717, 1.165) is 0 Å². The molecule has 1 unspecified atom stereocenters. The smallest absolute Gasteiger partial charge is 0.457 e. The summed E-state index contributed by atoms with van der Waals surface area (Å²) in [5, 5.41) is 7.92. The van der Waals surface area contributed by atoms with E-state index in [9.17, 15) is 39.9 Å². The Balaban J connectivity index is 6.19. The summed E-state index contributed by atoms with van der Waals surface area (Å²) in [4.78, 5) is 10.0. The molecule has 2 nitrogen and oxygen atoms in total. The second-order valence-corrected chi connectivity index (χ2v) is 3.39. The molecule has 0 saturated carbocycles. The lowest BCUT2D eigenvalue weighted by atomic mass is 9.83. The first kappa shape index (κ1) is 16.6. The Morgan fingerprint density at radius 3 is 1.50 bits per heavy atom. The molecule has 0 radical (unpaired) electrons. The Hall–Kier alpha value is -1.35. The minimum Gasteiger partial charge on any atom is -0.477 e. The fourth-order valence-corrected chi connectivity index (χ4v) is 1.08. The molecular formula is C8H6F8O2. The number of hydrogen-bond acceptors (Lipinski definition) is 1. The van der Waals surface area contributed by atoms with Crippen LogP contribution in [0.3, 0.4) is 0 Å². The minimum atomic E-state index is -6.71. The molecule has 1 atom stereocenters. The fourth-order valence-electron chi connectivity index (χ4n) is 1.08. The third kappa shape index (κ3) is 1.93. The predicted molar refractivity (Wildman–Crippen MR) is 42.2 cm³/mol. The van der Waals surface area contributed by atoms with Crippen LogP contribution in [-0.4, -0.2) is 34.8 Å². The lowest BCUT2D eigenvalue weighted by Gasteiger charge is -2.37. The highest BCUT2D eigenvalue weighted by Gasteiger charge is 2.82. The van der Waals surface area contributed by atoms with Gasteiger partial charge in [0.25, 0.3) is 5.67 Å². The SMILES string of the molecule is C=C(C)C(F)(C(F)(F)C(=O)O)C(F)(F)C(F)(F)F. The average molecular weight is 286 g/mol. The average Bonchev–Trinajstić information content (AvgIpc) is 2.13. The first-order chi connectivity index (χ1) is 7.64. The summed E-state index contributed by atoms with van der Waals surface area (Å²) in [7, 11) is 0. The van der Waals surface area contributed by atoms with Crippen molar-refractivity contribution in [3.63, 3.8) is 0 Å². The molecule has 0 aliphatic heterocycles. The fraction of sp³-hybridized carbons (Fsp3) is 0.625. The van der Waals surface area contributed by atoms with E-state index >= 15 is 0 Å². The molecular weight excluding hydrogens is 280 g/mol. The third-order valence-corrected chi connectivity index (χ3v) is 2.08. The second kappa shape index (κ2) is 4.09. The normalized spacial score (nSPS) is 17.2. The third-order valence-electron chi connectivity index (χ3n) is 2.08. The van der Waals surface area contributed by atoms with Gasteiger partial charge in [0.2, 0.25) is 0 Å². The molecule has 0 aliphatic carbocycles. The number of aliphatic carboxylic acids is 1. The molecule has 0 amide bonds. The standard InChI is InChI=1S/C8H6F8O2/c1-3(2)5(9,6(10,11)4(17)18)7(12,13)8(14,15)16/h1H2,2H3,(H,17,18). The van der Waals surface area contributed by atoms with Crippen molar-refractivity contribution in [2.75, 3.05) is 0 Å². The van der Waals surface area contributed by atoms with E-state index in [2.05, 4.69) is 6.58 Å². The van der Waals surface area contributed by atoms with Crippen LogP contribution in [0.15, 0.2) is 12.2 Å². The molecule has 0 aliphatic rings. The van der Waals surface area contributed by atoms with Gasteiger partial charge in [0, 0.05) is 0 Å². The summed E-state index contributed by atoms with van der Waals surface area (Å²) in [6.07, 6.45) is -6.71. The highest BCUT2D eigenvalue weighted by atomic mass is 19.4. The van der Waals surface area contributed by atoms with E-state index in [1.165, 1.54) is 0 Å². The molecule has 18 heavy (non-hydrogen) atoms. The molecule has 0 spiro atoms. The molecule has 0 aromatic rings. The van der Waals surface area contributed by atoms with Crippen LogP contribution in [0, 0.1) is 0 Å². The van der Waals surface area contributed by atoms with Crippen molar-refractivity contribution in [2.24, 2.45) is 0 Å². The summed E-state index contributed by atoms with van der Waals surface area (Å²) in [6, 6.07) is 0. The van der Waals surface area contributed by atoms with Crippen molar-refractivity contribution in [2.45, 2.75) is 30.6 Å². The van der Waals surface area contributed by atoms with Crippen LogP contribution >= 0.6 is 0 Å². The molecule has 0 saturated heterocycles. The van der Waals surface area contributed by atoms with E-state index in [1.807, 2.05) is 0 Å². The number of allylic oxidation sites excluding steroid dienone is 1. The van der Waals surface area contributed by atoms with Crippen molar-refractivity contribution in [1.82, 2.24) is 0 Å². The van der Waals surface area contributed by atoms with Gasteiger partial charge < -0.3 is 5.11 Å². The van der Waals surface area contributed by atoms with E-state index in [1.54, 1.807) is 0 Å². The summed E-state index contributed by atoms with van der Waals surface area (Å²) in [5.74, 6) is -16.1. The maximum Gasteiger partial charge on any atom is 0.457 e. The summed E-state index contributed by atoms with van der Waals surface area (Å²) < 4.78 is 101. The Bertz CT molecular complexity index is 372. The number of carboxylic acid groups (broad SMARTS) is 1. The molecule has 0 rings (SSSR count). The Kier molecular flexibility index (Phi) is 3.79. The van der Waals surface area contributed by atoms with Gasteiger partial charge >= 0.3 is 24.0 Å². The Morgan fingerprint density at radius 2 is 1.33 bits per heavy atom. The zero-order valence-electron chi connectivity index (χ0n) is 8.59. The number of halogens is 8. The van der Waals surface area contributed by atoms with Crippen LogP contribution in [0.5, 0.6) is 0 Å². The summed E-state index contributed by atoms with van der Waals surface area (Å²) >= 11 is 0. The van der Waals surface area contributed by atoms with E-state index < -0.39 is 35.2 Å². The lowest BCUT2D eigenvalue weighted by molar-refractivity contribution is -0.348. The topological polar surface area (TPSA) is 37.3 Å². The quantitative estimate of drug-likeness (QED) is 0.636. The summed E-state index contributed by atoms with van der Waals surface area (Å²) in [5.41, 5.74) is -7.75. The molecule has 1 N–H and O–H groups in total. The zero-order chi connectivity index (χ0) is 15.2. The highest BCUT2D eigenvalue weighted by Crippen LogP contribution is 2.55. The molecule has 0 fully saturated rings. The van der Waals surface area contributed by atoms with Gasteiger partial charge in [0.05, 0.1) is 0 Å². The Labute approximate surface area is 94.9 Å². The van der Waals surface area contributed by atoms with Crippen LogP contribution in [0.25, 0.3) is 0 Å². The number of rotatable bonds is 4. The monoisotopic (exact) mass is 286 g/mol. The molecule has 10 heteroatoms. The van der Waals surface area contributed by atoms with Gasteiger partial charge in [-0.15, -0.1) is 0 Å². The van der Waals surface area contributed by atoms with Gasteiger partial charge in [0.1, 0.15) is 0 Å². The maximum atomic E-state index is 13.5. The Morgan fingerprint density at radius 1 is 1.00 bits per heavy atom. The van der Waals surface area contributed by atoms with Crippen molar-refractivity contribution in [3.8, 4) is 0 Å². The van der Waals surface area contributed by atoms with Crippen LogP contribution in [0.1, 0.15) is 6.92 Å². The van der Waals surface area contributed by atoms with Crippen LogP contribution in [0.2, 0.25) is 0 Å². The number of carboxylic acids is 1. The minimum absolute atomic E-state index is 0.108. The highest BCUT2D eigenvalue weighted by molar-refractivity contribution is 5.78. The van der Waals surface area contributed by atoms with E-state index in [0.29, 0.717) is 0 Å². The first-order valence-electron chi connectivity index (χ1n) is 4.04. The molecule has 0 aromatic carbocycles. The number of hydrogen-bond donors (Lipinski definition) is 1. The largest absolute Gasteiger partial charge is 0.477 e. The van der Waals surface area contributed by atoms with Crippen molar-refractivity contribution >= 4 is 5.97 Å². The first-order valence-corrected chi connectivity index (χ1v) is 4.04. The van der Waals surface area contributed by atoms with E-state index in [-0.39, 0.29) is 6.92 Å². The van der Waals surface area contributed by atoms with Crippen molar-refractivity contribution < 1.29 is 45.0 Å². The summed E-state index contributed by atoms with van der Waals surface area (Å²) in [6.45, 7) is 2.36. The van der Waals surface area contributed by atoms with Crippen LogP contribution in [-0.2, 0) is 4.79 Å². The lowest BCUT2D eigenvalue weighted by Crippen LogP contribution is -2.66. The number of alkyl halides is 8. The van der Waals surface area contributed by atoms with Crippen LogP contribution < -0.4 is 0 Å². The van der Waals surface area contributed by atoms with Crippen molar-refractivity contribution in [3.05, 3.63) is 12.2 Å². The van der Waals surface area contributed by atoms with Gasteiger partial charge in [-0.25, -0.2) is 9.18 Å². The van der Waals surface area contributed by atoms with Gasteiger partial charge in [-0.05, 0) is 12.5 Å². The van der Waals surface area contributed by atoms with Crippen molar-refractivity contribution in [1.29, 1.82) is 0 Å². The molecule has 0 aromatic heterocycles. The molecule has 106 valence electrons. The van der Waals surface area contributed by atoms with Crippen LogP contribution in [0.4, 0.5) is 35.1 Å². The second-order valence-electron chi connectivity index (χ2n) is 3.39. The maximum absolute atomic E-state index is 13.5. The van der Waals surface area contributed by atoms with Gasteiger partial charge in [-0.3, -0.25) is 0 Å². The van der Waals surface area contributed by atoms with Gasteiger partial charge in [-0.2, -0.15) is 30.7 Å². The predicted octanol–water partition coefficient (Wildman–Crippen LogP) is 3.19. The van der Waals surface area contributed by atoms with Gasteiger partial charge in [0.15, 0.2) is 0 Å². The molecule has 0 bridgehead atoms.